The normalized spacial score (nSPS) is 14.4. The van der Waals surface area contributed by atoms with Gasteiger partial charge in [0.15, 0.2) is 6.10 Å². The molecular formula is C52H89O10P. The Morgan fingerprint density at radius 1 is 0.492 bits per heavy atom. The summed E-state index contributed by atoms with van der Waals surface area (Å²) in [5.74, 6) is -0.999. The first-order chi connectivity index (χ1) is 30.7. The summed E-state index contributed by atoms with van der Waals surface area (Å²) in [6.07, 6.45) is 57.0. The topological polar surface area (TPSA) is 149 Å². The maximum absolute atomic E-state index is 12.6. The predicted octanol–water partition coefficient (Wildman–Crippen LogP) is 13.8. The molecule has 0 rings (SSSR count). The molecule has 0 fully saturated rings. The van der Waals surface area contributed by atoms with Gasteiger partial charge in [0.25, 0.3) is 0 Å². The molecule has 3 N–H and O–H groups in total. The zero-order valence-corrected chi connectivity index (χ0v) is 40.4. The molecule has 10 nitrogen and oxygen atoms in total. The summed E-state index contributed by atoms with van der Waals surface area (Å²) in [4.78, 5) is 35.1. The van der Waals surface area contributed by atoms with Gasteiger partial charge in [0.05, 0.1) is 19.8 Å². The van der Waals surface area contributed by atoms with Crippen LogP contribution in [0.15, 0.2) is 85.1 Å². The van der Waals surface area contributed by atoms with Crippen LogP contribution in [0.2, 0.25) is 0 Å². The summed E-state index contributed by atoms with van der Waals surface area (Å²) in [5.41, 5.74) is 0. The zero-order chi connectivity index (χ0) is 46.2. The first-order valence-electron chi connectivity index (χ1n) is 24.5. The van der Waals surface area contributed by atoms with Gasteiger partial charge in [-0.05, 0) is 83.5 Å². The van der Waals surface area contributed by atoms with Crippen LogP contribution in [0.25, 0.3) is 0 Å². The monoisotopic (exact) mass is 905 g/mol. The second kappa shape index (κ2) is 47.1. The Morgan fingerprint density at radius 2 is 0.889 bits per heavy atom. The largest absolute Gasteiger partial charge is 0.472 e. The molecule has 362 valence electrons. The van der Waals surface area contributed by atoms with Gasteiger partial charge in [-0.1, -0.05) is 182 Å². The van der Waals surface area contributed by atoms with Crippen molar-refractivity contribution in [3.8, 4) is 0 Å². The van der Waals surface area contributed by atoms with E-state index in [0.717, 1.165) is 57.8 Å². The highest BCUT2D eigenvalue weighted by Crippen LogP contribution is 2.43. The number of aliphatic hydroxyl groups excluding tert-OH is 2. The van der Waals surface area contributed by atoms with Crippen LogP contribution in [-0.4, -0.2) is 65.7 Å². The van der Waals surface area contributed by atoms with Crippen LogP contribution in [0.1, 0.15) is 194 Å². The fourth-order valence-electron chi connectivity index (χ4n) is 6.29. The highest BCUT2D eigenvalue weighted by Gasteiger charge is 2.27. The van der Waals surface area contributed by atoms with E-state index in [2.05, 4.69) is 86.8 Å². The Kier molecular flexibility index (Phi) is 45.0. The van der Waals surface area contributed by atoms with E-state index in [1.807, 2.05) is 12.2 Å². The van der Waals surface area contributed by atoms with Crippen molar-refractivity contribution in [2.75, 3.05) is 26.4 Å². The van der Waals surface area contributed by atoms with E-state index in [9.17, 15) is 24.2 Å². The van der Waals surface area contributed by atoms with Gasteiger partial charge in [-0.3, -0.25) is 18.6 Å². The highest BCUT2D eigenvalue weighted by atomic mass is 31.2. The third kappa shape index (κ3) is 46.9. The van der Waals surface area contributed by atoms with Crippen molar-refractivity contribution in [3.63, 3.8) is 0 Å². The number of carbonyl (C=O) groups excluding carboxylic acids is 2. The van der Waals surface area contributed by atoms with Crippen molar-refractivity contribution in [2.24, 2.45) is 0 Å². The van der Waals surface area contributed by atoms with Crippen LogP contribution in [0.5, 0.6) is 0 Å². The molecular weight excluding hydrogens is 816 g/mol. The summed E-state index contributed by atoms with van der Waals surface area (Å²) in [5, 5.41) is 18.4. The SMILES string of the molecule is CC/C=C\C/C=C\C/C=C\C/C=C\C/C=C\CCCC(=O)OC(COC(=O)CCCCCCCCCCCCC/C=C\C/C=C\CCCCCCC)COP(=O)(O)OCC(O)CO. The lowest BCUT2D eigenvalue weighted by molar-refractivity contribution is -0.161. The minimum atomic E-state index is -4.64. The molecule has 0 aliphatic rings. The van der Waals surface area contributed by atoms with E-state index >= 15 is 0 Å². The molecule has 0 amide bonds. The Labute approximate surface area is 383 Å². The molecule has 3 atom stereocenters. The number of esters is 2. The second-order valence-corrected chi connectivity index (χ2v) is 17.6. The zero-order valence-electron chi connectivity index (χ0n) is 39.5. The summed E-state index contributed by atoms with van der Waals surface area (Å²) < 4.78 is 32.8. The number of ether oxygens (including phenoxy) is 2. The van der Waals surface area contributed by atoms with Crippen molar-refractivity contribution in [3.05, 3.63) is 85.1 Å². The Bertz CT molecular complexity index is 1320. The maximum Gasteiger partial charge on any atom is 0.472 e. The van der Waals surface area contributed by atoms with Crippen molar-refractivity contribution in [1.82, 2.24) is 0 Å². The van der Waals surface area contributed by atoms with Crippen molar-refractivity contribution < 1.29 is 47.8 Å². The number of unbranched alkanes of at least 4 members (excludes halogenated alkanes) is 17. The average molecular weight is 905 g/mol. The molecule has 3 unspecified atom stereocenters. The molecule has 0 aliphatic heterocycles. The molecule has 0 saturated carbocycles. The van der Waals surface area contributed by atoms with E-state index in [1.165, 1.54) is 89.9 Å². The number of phosphoric ester groups is 1. The van der Waals surface area contributed by atoms with Crippen LogP contribution < -0.4 is 0 Å². The molecule has 0 aromatic heterocycles. The predicted molar refractivity (Wildman–Crippen MR) is 260 cm³/mol. The molecule has 0 saturated heterocycles. The molecule has 0 heterocycles. The Morgan fingerprint density at radius 3 is 1.37 bits per heavy atom. The molecule has 0 aromatic rings. The van der Waals surface area contributed by atoms with E-state index in [4.69, 9.17) is 23.6 Å². The van der Waals surface area contributed by atoms with E-state index in [1.54, 1.807) is 0 Å². The second-order valence-electron chi connectivity index (χ2n) is 16.1. The van der Waals surface area contributed by atoms with E-state index in [0.29, 0.717) is 19.3 Å². The minimum absolute atomic E-state index is 0.102. The van der Waals surface area contributed by atoms with Crippen molar-refractivity contribution in [2.45, 2.75) is 206 Å². The number of allylic oxidation sites excluding steroid dienone is 14. The summed E-state index contributed by atoms with van der Waals surface area (Å²) in [6.45, 7) is 2.19. The Balaban J connectivity index is 4.27. The van der Waals surface area contributed by atoms with Gasteiger partial charge >= 0.3 is 19.8 Å². The van der Waals surface area contributed by atoms with Gasteiger partial charge < -0.3 is 24.6 Å². The Hall–Kier alpha value is -2.85. The first-order valence-corrected chi connectivity index (χ1v) is 26.0. The van der Waals surface area contributed by atoms with Gasteiger partial charge in [-0.15, -0.1) is 0 Å². The van der Waals surface area contributed by atoms with Gasteiger partial charge in [-0.2, -0.15) is 0 Å². The van der Waals surface area contributed by atoms with Crippen molar-refractivity contribution in [1.29, 1.82) is 0 Å². The minimum Gasteiger partial charge on any atom is -0.462 e. The molecule has 0 radical (unpaired) electrons. The lowest BCUT2D eigenvalue weighted by Crippen LogP contribution is -2.29. The lowest BCUT2D eigenvalue weighted by Gasteiger charge is -2.20. The molecule has 0 aromatic carbocycles. The standard InChI is InChI=1S/C52H89O10P/c1-3-5-7-9-11-13-15-17-19-21-22-23-24-25-26-28-29-31-33-35-37-39-41-43-51(55)59-47-50(48-61-63(57,58)60-46-49(54)45-53)62-52(56)44-42-40-38-36-34-32-30-27-20-18-16-14-12-10-8-6-4-2/h6,8,12,14-15,17-18,20-22,30,32,36,38,49-50,53-54H,3-5,7,9-11,13,16,19,23-29,31,33-35,37,39-48H2,1-2H3,(H,57,58)/b8-6-,14-12-,17-15-,20-18-,22-21-,32-30-,38-36-. The molecule has 0 bridgehead atoms. The van der Waals surface area contributed by atoms with Gasteiger partial charge in [0, 0.05) is 12.8 Å². The van der Waals surface area contributed by atoms with Crippen LogP contribution in [-0.2, 0) is 32.7 Å². The molecule has 0 spiro atoms. The van der Waals surface area contributed by atoms with Gasteiger partial charge in [-0.25, -0.2) is 4.57 Å². The number of aliphatic hydroxyl groups is 2. The van der Waals surface area contributed by atoms with E-state index < -0.39 is 51.8 Å². The average Bonchev–Trinajstić information content (AvgIpc) is 3.27. The summed E-state index contributed by atoms with van der Waals surface area (Å²) in [7, 11) is -4.64. The lowest BCUT2D eigenvalue weighted by atomic mass is 10.0. The van der Waals surface area contributed by atoms with Crippen LogP contribution >= 0.6 is 7.82 Å². The van der Waals surface area contributed by atoms with Crippen LogP contribution in [0, 0.1) is 0 Å². The van der Waals surface area contributed by atoms with E-state index in [-0.39, 0.29) is 19.4 Å². The number of hydrogen-bond donors (Lipinski definition) is 3. The summed E-state index contributed by atoms with van der Waals surface area (Å²) >= 11 is 0. The highest BCUT2D eigenvalue weighted by molar-refractivity contribution is 7.47. The fraction of sp³-hybridized carbons (Fsp3) is 0.692. The number of carbonyl (C=O) groups is 2. The molecule has 63 heavy (non-hydrogen) atoms. The van der Waals surface area contributed by atoms with Crippen molar-refractivity contribution >= 4 is 19.8 Å². The van der Waals surface area contributed by atoms with Crippen LogP contribution in [0.4, 0.5) is 0 Å². The molecule has 0 aliphatic carbocycles. The number of rotatable bonds is 45. The van der Waals surface area contributed by atoms with Crippen LogP contribution in [0.3, 0.4) is 0 Å². The fourth-order valence-corrected chi connectivity index (χ4v) is 7.08. The first kappa shape index (κ1) is 60.2. The quantitative estimate of drug-likeness (QED) is 0.0233. The third-order valence-electron chi connectivity index (χ3n) is 10.0. The van der Waals surface area contributed by atoms with Gasteiger partial charge in [0.2, 0.25) is 0 Å². The molecule has 11 heteroatoms. The smallest absolute Gasteiger partial charge is 0.462 e. The number of phosphoric acid groups is 1. The maximum atomic E-state index is 12.6. The third-order valence-corrected chi connectivity index (χ3v) is 11.0. The number of hydrogen-bond acceptors (Lipinski definition) is 9. The summed E-state index contributed by atoms with van der Waals surface area (Å²) in [6, 6.07) is 0. The van der Waals surface area contributed by atoms with Gasteiger partial charge in [0.1, 0.15) is 12.7 Å².